The minimum atomic E-state index is -1.68. The first kappa shape index (κ1) is 11.0. The Labute approximate surface area is 68.6 Å². The van der Waals surface area contributed by atoms with Gasteiger partial charge in [-0.3, -0.25) is 0 Å². The van der Waals surface area contributed by atoms with Gasteiger partial charge in [0.05, 0.1) is 6.61 Å². The average molecular weight is 179 g/mol. The quantitative estimate of drug-likeness (QED) is 0.673. The first-order valence-corrected chi connectivity index (χ1v) is 4.80. The molecule has 0 rings (SSSR count). The van der Waals surface area contributed by atoms with Crippen molar-refractivity contribution in [3.8, 4) is 0 Å². The smallest absolute Gasteiger partial charge is 0.393 e. The van der Waals surface area contributed by atoms with E-state index in [0.717, 1.165) is 0 Å². The molecule has 0 aromatic heterocycles. The van der Waals surface area contributed by atoms with Crippen LogP contribution in [0.4, 0.5) is 0 Å². The summed E-state index contributed by atoms with van der Waals surface area (Å²) in [6, 6.07) is 0. The maximum atomic E-state index is 11.2. The van der Waals surface area contributed by atoms with Gasteiger partial charge in [-0.2, -0.15) is 0 Å². The van der Waals surface area contributed by atoms with Crippen LogP contribution in [0.5, 0.6) is 0 Å². The monoisotopic (exact) mass is 179 g/mol. The van der Waals surface area contributed by atoms with Crippen molar-refractivity contribution in [2.45, 2.75) is 39.0 Å². The Morgan fingerprint density at radius 2 is 2.00 bits per heavy atom. The van der Waals surface area contributed by atoms with Crippen LogP contribution in [0.1, 0.15) is 27.7 Å². The van der Waals surface area contributed by atoms with Crippen LogP contribution >= 0.6 is 8.03 Å². The Morgan fingerprint density at radius 3 is 2.27 bits per heavy atom. The predicted molar refractivity (Wildman–Crippen MR) is 45.0 cm³/mol. The van der Waals surface area contributed by atoms with Gasteiger partial charge in [0, 0.05) is 0 Å². The van der Waals surface area contributed by atoms with Gasteiger partial charge in [-0.05, 0) is 32.3 Å². The van der Waals surface area contributed by atoms with Gasteiger partial charge in [0.1, 0.15) is 6.10 Å². The third kappa shape index (κ3) is 4.46. The number of hydrogen-bond acceptors (Lipinski definition) is 3. The third-order valence-electron chi connectivity index (χ3n) is 1.08. The molecular formula is C7H16O3P+. The van der Waals surface area contributed by atoms with Crippen LogP contribution in [0.3, 0.4) is 0 Å². The molecule has 0 aromatic carbocycles. The molecule has 0 fully saturated rings. The molecule has 0 spiro atoms. The minimum Gasteiger partial charge on any atom is -0.393 e. The zero-order valence-corrected chi connectivity index (χ0v) is 8.39. The SMILES string of the molecule is CC(CO)O[P+](=O)C(C)(C)C. The highest BCUT2D eigenvalue weighted by molar-refractivity contribution is 7.41. The average Bonchev–Trinajstić information content (AvgIpc) is 1.85. The van der Waals surface area contributed by atoms with Gasteiger partial charge in [-0.1, -0.05) is 0 Å². The first-order valence-electron chi connectivity index (χ1n) is 3.63. The van der Waals surface area contributed by atoms with E-state index < -0.39 is 8.03 Å². The summed E-state index contributed by atoms with van der Waals surface area (Å²) in [5.74, 6) is 0. The van der Waals surface area contributed by atoms with Gasteiger partial charge in [-0.15, -0.1) is 4.52 Å². The highest BCUT2D eigenvalue weighted by Crippen LogP contribution is 2.39. The van der Waals surface area contributed by atoms with Gasteiger partial charge in [0.15, 0.2) is 5.16 Å². The fourth-order valence-corrected chi connectivity index (χ4v) is 1.06. The van der Waals surface area contributed by atoms with E-state index in [9.17, 15) is 4.57 Å². The van der Waals surface area contributed by atoms with E-state index in [1.807, 2.05) is 20.8 Å². The number of rotatable bonds is 3. The summed E-state index contributed by atoms with van der Waals surface area (Å²) in [6.45, 7) is 7.14. The lowest BCUT2D eigenvalue weighted by molar-refractivity contribution is 0.134. The van der Waals surface area contributed by atoms with Crippen LogP contribution in [-0.4, -0.2) is 23.0 Å². The van der Waals surface area contributed by atoms with E-state index >= 15 is 0 Å². The van der Waals surface area contributed by atoms with E-state index in [1.54, 1.807) is 6.92 Å². The van der Waals surface area contributed by atoms with Crippen molar-refractivity contribution in [3.05, 3.63) is 0 Å². The second kappa shape index (κ2) is 4.15. The maximum Gasteiger partial charge on any atom is 0.513 e. The van der Waals surface area contributed by atoms with E-state index in [4.69, 9.17) is 9.63 Å². The standard InChI is InChI=1S/C7H16O3P/c1-6(5-8)10-11(9)7(2,3)4/h6,8H,5H2,1-4H3/q+1. The summed E-state index contributed by atoms with van der Waals surface area (Å²) in [5.41, 5.74) is 0. The van der Waals surface area contributed by atoms with Crippen molar-refractivity contribution < 1.29 is 14.2 Å². The largest absolute Gasteiger partial charge is 0.513 e. The molecule has 4 heteroatoms. The molecule has 66 valence electrons. The molecule has 3 nitrogen and oxygen atoms in total. The number of hydrogen-bond donors (Lipinski definition) is 1. The molecule has 11 heavy (non-hydrogen) atoms. The van der Waals surface area contributed by atoms with Gasteiger partial charge in [-0.25, -0.2) is 0 Å². The zero-order chi connectivity index (χ0) is 9.07. The molecular weight excluding hydrogens is 163 g/mol. The molecule has 0 aromatic rings. The Balaban J connectivity index is 3.88. The summed E-state index contributed by atoms with van der Waals surface area (Å²) in [4.78, 5) is 0. The third-order valence-corrected chi connectivity index (χ3v) is 2.73. The molecule has 2 atom stereocenters. The molecule has 0 saturated carbocycles. The first-order chi connectivity index (χ1) is 4.88. The molecule has 0 aliphatic carbocycles. The van der Waals surface area contributed by atoms with Crippen molar-refractivity contribution >= 4 is 8.03 Å². The lowest BCUT2D eigenvalue weighted by Gasteiger charge is -2.06. The van der Waals surface area contributed by atoms with Gasteiger partial charge in [0.2, 0.25) is 0 Å². The van der Waals surface area contributed by atoms with Gasteiger partial charge in [0.25, 0.3) is 0 Å². The van der Waals surface area contributed by atoms with Crippen LogP contribution in [0, 0.1) is 0 Å². The van der Waals surface area contributed by atoms with Crippen molar-refractivity contribution in [2.24, 2.45) is 0 Å². The lowest BCUT2D eigenvalue weighted by atomic mass is 10.3. The summed E-state index contributed by atoms with van der Waals surface area (Å²) >= 11 is 0. The fraction of sp³-hybridized carbons (Fsp3) is 1.00. The van der Waals surface area contributed by atoms with Crippen LogP contribution in [0.15, 0.2) is 0 Å². The Bertz CT molecular complexity index is 139. The van der Waals surface area contributed by atoms with E-state index in [0.29, 0.717) is 0 Å². The highest BCUT2D eigenvalue weighted by Gasteiger charge is 2.38. The van der Waals surface area contributed by atoms with Crippen LogP contribution in [-0.2, 0) is 9.09 Å². The molecule has 2 unspecified atom stereocenters. The Kier molecular flexibility index (Phi) is 4.16. The summed E-state index contributed by atoms with van der Waals surface area (Å²) in [7, 11) is -1.68. The fourth-order valence-electron chi connectivity index (χ4n) is 0.355. The summed E-state index contributed by atoms with van der Waals surface area (Å²) < 4.78 is 16.3. The van der Waals surface area contributed by atoms with Crippen molar-refractivity contribution in [2.75, 3.05) is 6.61 Å². The number of aliphatic hydroxyl groups is 1. The molecule has 0 radical (unpaired) electrons. The lowest BCUT2D eigenvalue weighted by Crippen LogP contribution is -2.15. The van der Waals surface area contributed by atoms with Crippen molar-refractivity contribution in [1.29, 1.82) is 0 Å². The summed E-state index contributed by atoms with van der Waals surface area (Å²) in [6.07, 6.45) is -0.335. The molecule has 0 amide bonds. The molecule has 1 N–H and O–H groups in total. The topological polar surface area (TPSA) is 46.5 Å². The number of aliphatic hydroxyl groups excluding tert-OH is 1. The van der Waals surface area contributed by atoms with Crippen LogP contribution in [0.2, 0.25) is 0 Å². The molecule has 0 aliphatic rings. The second-order valence-electron chi connectivity index (χ2n) is 3.53. The van der Waals surface area contributed by atoms with Crippen molar-refractivity contribution in [3.63, 3.8) is 0 Å². The predicted octanol–water partition coefficient (Wildman–Crippen LogP) is 1.92. The van der Waals surface area contributed by atoms with Gasteiger partial charge >= 0.3 is 8.03 Å². The molecule has 0 heterocycles. The van der Waals surface area contributed by atoms with E-state index in [2.05, 4.69) is 0 Å². The highest BCUT2D eigenvalue weighted by atomic mass is 31.1. The van der Waals surface area contributed by atoms with Gasteiger partial charge < -0.3 is 5.11 Å². The minimum absolute atomic E-state index is 0.0862. The maximum absolute atomic E-state index is 11.2. The van der Waals surface area contributed by atoms with E-state index in [-0.39, 0.29) is 17.9 Å². The molecule has 0 bridgehead atoms. The second-order valence-corrected chi connectivity index (χ2v) is 5.59. The Morgan fingerprint density at radius 1 is 1.55 bits per heavy atom. The van der Waals surface area contributed by atoms with Crippen molar-refractivity contribution in [1.82, 2.24) is 0 Å². The summed E-state index contributed by atoms with van der Waals surface area (Å²) in [5, 5.41) is 8.26. The Hall–Kier alpha value is 0.0200. The van der Waals surface area contributed by atoms with Crippen LogP contribution in [0.25, 0.3) is 0 Å². The van der Waals surface area contributed by atoms with E-state index in [1.165, 1.54) is 0 Å². The zero-order valence-electron chi connectivity index (χ0n) is 7.50. The molecule has 0 saturated heterocycles. The van der Waals surface area contributed by atoms with Crippen LogP contribution < -0.4 is 0 Å². The normalized spacial score (nSPS) is 16.3. The molecule has 0 aliphatic heterocycles.